The maximum atomic E-state index is 12.7. The lowest BCUT2D eigenvalue weighted by atomic mass is 10.1. The van der Waals surface area contributed by atoms with Crippen LogP contribution in [-0.2, 0) is 0 Å². The number of anilines is 1. The predicted molar refractivity (Wildman–Crippen MR) is 112 cm³/mol. The fourth-order valence-corrected chi connectivity index (χ4v) is 3.20. The first kappa shape index (κ1) is 18.9. The number of hydrogen-bond donors (Lipinski definition) is 1. The smallest absolute Gasteiger partial charge is 0.278 e. The monoisotopic (exact) mass is 407 g/mol. The molecule has 0 saturated carbocycles. The largest absolute Gasteiger partial charge is 0.494 e. The maximum absolute atomic E-state index is 12.7. The zero-order valence-electron chi connectivity index (χ0n) is 15.9. The topological polar surface area (TPSA) is 81.4 Å². The summed E-state index contributed by atoms with van der Waals surface area (Å²) in [5, 5.41) is 16.2. The summed E-state index contributed by atoms with van der Waals surface area (Å²) in [4.78, 5) is 12.7. The number of aromatic nitrogens is 4. The number of hydrogen-bond acceptors (Lipinski definition) is 5. The summed E-state index contributed by atoms with van der Waals surface area (Å²) in [6.45, 7) is 4.28. The predicted octanol–water partition coefficient (Wildman–Crippen LogP) is 4.40. The highest BCUT2D eigenvalue weighted by atomic mass is 35.5. The molecule has 29 heavy (non-hydrogen) atoms. The summed E-state index contributed by atoms with van der Waals surface area (Å²) in [6, 6.07) is 14.6. The first-order valence-electron chi connectivity index (χ1n) is 9.08. The highest BCUT2D eigenvalue weighted by molar-refractivity contribution is 6.30. The maximum Gasteiger partial charge on any atom is 0.278 e. The van der Waals surface area contributed by atoms with Crippen molar-refractivity contribution in [1.29, 1.82) is 0 Å². The van der Waals surface area contributed by atoms with Crippen LogP contribution >= 0.6 is 11.6 Å². The molecule has 0 radical (unpaired) electrons. The third-order valence-corrected chi connectivity index (χ3v) is 4.66. The van der Waals surface area contributed by atoms with Crippen LogP contribution in [0.3, 0.4) is 0 Å². The second kappa shape index (κ2) is 7.89. The Hall–Kier alpha value is -3.45. The number of carbonyl (C=O) groups excluding carboxylic acids is 1. The Kier molecular flexibility index (Phi) is 5.14. The third kappa shape index (κ3) is 3.77. The molecule has 1 N–H and O–H groups in total. The van der Waals surface area contributed by atoms with Crippen molar-refractivity contribution in [2.75, 3.05) is 11.9 Å². The molecule has 4 rings (SSSR count). The van der Waals surface area contributed by atoms with E-state index in [0.717, 1.165) is 16.9 Å². The van der Waals surface area contributed by atoms with Gasteiger partial charge in [-0.3, -0.25) is 4.79 Å². The van der Waals surface area contributed by atoms with Crippen LogP contribution in [0.2, 0.25) is 5.02 Å². The van der Waals surface area contributed by atoms with E-state index in [1.54, 1.807) is 48.0 Å². The summed E-state index contributed by atoms with van der Waals surface area (Å²) in [5.74, 6) is 0.383. The van der Waals surface area contributed by atoms with Crippen LogP contribution in [-0.4, -0.2) is 32.3 Å². The van der Waals surface area contributed by atoms with Crippen LogP contribution in [0.1, 0.15) is 23.1 Å². The van der Waals surface area contributed by atoms with Gasteiger partial charge in [-0.1, -0.05) is 23.7 Å². The Morgan fingerprint density at radius 2 is 1.97 bits per heavy atom. The van der Waals surface area contributed by atoms with Crippen molar-refractivity contribution >= 4 is 28.8 Å². The second-order valence-electron chi connectivity index (χ2n) is 6.35. The van der Waals surface area contributed by atoms with Crippen LogP contribution < -0.4 is 10.1 Å². The van der Waals surface area contributed by atoms with Gasteiger partial charge in [0.1, 0.15) is 5.75 Å². The molecule has 0 aliphatic carbocycles. The first-order valence-corrected chi connectivity index (χ1v) is 9.46. The van der Waals surface area contributed by atoms with Gasteiger partial charge >= 0.3 is 0 Å². The number of carbonyl (C=O) groups is 1. The number of ether oxygens (including phenoxy) is 1. The van der Waals surface area contributed by atoms with Gasteiger partial charge in [0.25, 0.3) is 5.91 Å². The molecule has 2 aromatic carbocycles. The zero-order valence-corrected chi connectivity index (χ0v) is 16.6. The van der Waals surface area contributed by atoms with E-state index in [0.29, 0.717) is 28.7 Å². The fourth-order valence-electron chi connectivity index (χ4n) is 3.01. The minimum absolute atomic E-state index is 0.201. The number of nitrogens with one attached hydrogen (secondary N) is 1. The Bertz CT molecular complexity index is 1190. The molecular weight excluding hydrogens is 390 g/mol. The van der Waals surface area contributed by atoms with Crippen molar-refractivity contribution in [3.63, 3.8) is 0 Å². The molecule has 8 heteroatoms. The van der Waals surface area contributed by atoms with Crippen LogP contribution in [0.5, 0.6) is 5.75 Å². The molecule has 146 valence electrons. The highest BCUT2D eigenvalue weighted by Gasteiger charge is 2.18. The van der Waals surface area contributed by atoms with Crippen LogP contribution in [0, 0.1) is 6.92 Å². The Morgan fingerprint density at radius 3 is 2.69 bits per heavy atom. The highest BCUT2D eigenvalue weighted by Crippen LogP contribution is 2.26. The van der Waals surface area contributed by atoms with Gasteiger partial charge in [0, 0.05) is 16.3 Å². The number of fused-ring (bicyclic) bond motifs is 1. The molecule has 0 aliphatic rings. The standard InChI is InChI=1S/C21H18ClN5O2/c1-3-29-17-9-7-16(8-10-17)24-21(28)19-13(2)27-20(26-25-19)18(12-23-27)14-5-4-6-15(22)11-14/h4-12H,3H2,1-2H3,(H,24,28). The summed E-state index contributed by atoms with van der Waals surface area (Å²) in [6.07, 6.45) is 1.69. The third-order valence-electron chi connectivity index (χ3n) is 4.42. The van der Waals surface area contributed by atoms with E-state index in [1.807, 2.05) is 25.1 Å². The summed E-state index contributed by atoms with van der Waals surface area (Å²) < 4.78 is 7.02. The second-order valence-corrected chi connectivity index (χ2v) is 6.79. The van der Waals surface area contributed by atoms with Crippen molar-refractivity contribution in [1.82, 2.24) is 19.8 Å². The van der Waals surface area contributed by atoms with Crippen molar-refractivity contribution in [2.45, 2.75) is 13.8 Å². The van der Waals surface area contributed by atoms with Crippen molar-refractivity contribution in [2.24, 2.45) is 0 Å². The van der Waals surface area contributed by atoms with Crippen molar-refractivity contribution < 1.29 is 9.53 Å². The van der Waals surface area contributed by atoms with Gasteiger partial charge in [0.15, 0.2) is 11.3 Å². The molecule has 0 aliphatic heterocycles. The fraction of sp³-hybridized carbons (Fsp3) is 0.143. The van der Waals surface area contributed by atoms with Gasteiger partial charge < -0.3 is 10.1 Å². The molecule has 2 heterocycles. The molecule has 0 saturated heterocycles. The molecule has 0 unspecified atom stereocenters. The van der Waals surface area contributed by atoms with Crippen molar-refractivity contribution in [3.8, 4) is 16.9 Å². The van der Waals surface area contributed by atoms with E-state index in [1.165, 1.54) is 0 Å². The average Bonchev–Trinajstić information content (AvgIpc) is 3.15. The summed E-state index contributed by atoms with van der Waals surface area (Å²) in [7, 11) is 0. The Balaban J connectivity index is 1.63. The van der Waals surface area contributed by atoms with E-state index in [9.17, 15) is 4.79 Å². The molecular formula is C21H18ClN5O2. The van der Waals surface area contributed by atoms with E-state index in [4.69, 9.17) is 16.3 Å². The quantitative estimate of drug-likeness (QED) is 0.530. The zero-order chi connectivity index (χ0) is 20.4. The van der Waals surface area contributed by atoms with E-state index < -0.39 is 0 Å². The number of benzene rings is 2. The Morgan fingerprint density at radius 1 is 1.17 bits per heavy atom. The first-order chi connectivity index (χ1) is 14.1. The molecule has 1 amide bonds. The minimum atomic E-state index is -0.360. The molecule has 0 atom stereocenters. The minimum Gasteiger partial charge on any atom is -0.494 e. The van der Waals surface area contributed by atoms with Crippen LogP contribution in [0.4, 0.5) is 5.69 Å². The molecule has 0 fully saturated rings. The molecule has 2 aromatic heterocycles. The number of amides is 1. The number of aryl methyl sites for hydroxylation is 1. The SMILES string of the molecule is CCOc1ccc(NC(=O)c2nnc3c(-c4cccc(Cl)c4)cnn3c2C)cc1. The van der Waals surface area contributed by atoms with Gasteiger partial charge in [0.2, 0.25) is 0 Å². The van der Waals surface area contributed by atoms with E-state index >= 15 is 0 Å². The number of halogens is 1. The Labute approximate surface area is 172 Å². The van der Waals surface area contributed by atoms with Gasteiger partial charge in [-0.15, -0.1) is 10.2 Å². The lowest BCUT2D eigenvalue weighted by molar-refractivity contribution is 0.102. The average molecular weight is 408 g/mol. The molecule has 4 aromatic rings. The van der Waals surface area contributed by atoms with Gasteiger partial charge in [-0.2, -0.15) is 5.10 Å². The lowest BCUT2D eigenvalue weighted by Crippen LogP contribution is -2.18. The normalized spacial score (nSPS) is 10.9. The summed E-state index contributed by atoms with van der Waals surface area (Å²) >= 11 is 6.09. The van der Waals surface area contributed by atoms with Crippen molar-refractivity contribution in [3.05, 3.63) is 71.1 Å². The molecule has 0 bridgehead atoms. The number of rotatable bonds is 5. The lowest BCUT2D eigenvalue weighted by Gasteiger charge is -2.09. The van der Waals surface area contributed by atoms with Crippen LogP contribution in [0.15, 0.2) is 54.7 Å². The van der Waals surface area contributed by atoms with Crippen LogP contribution in [0.25, 0.3) is 16.8 Å². The number of nitrogens with zero attached hydrogens (tertiary/aromatic N) is 4. The van der Waals surface area contributed by atoms with E-state index in [2.05, 4.69) is 20.6 Å². The van der Waals surface area contributed by atoms with Gasteiger partial charge in [-0.25, -0.2) is 4.52 Å². The molecule has 0 spiro atoms. The van der Waals surface area contributed by atoms with Gasteiger partial charge in [-0.05, 0) is 55.8 Å². The van der Waals surface area contributed by atoms with Gasteiger partial charge in [0.05, 0.1) is 18.5 Å². The molecule has 7 nitrogen and oxygen atoms in total. The summed E-state index contributed by atoms with van der Waals surface area (Å²) in [5.41, 5.74) is 3.66. The van der Waals surface area contributed by atoms with E-state index in [-0.39, 0.29) is 11.6 Å².